The Morgan fingerprint density at radius 2 is 1.24 bits per heavy atom. The third-order valence-electron chi connectivity index (χ3n) is 4.87. The molecule has 3 aromatic carbocycles. The number of aromatic hydroxyl groups is 1. The van der Waals surface area contributed by atoms with E-state index in [1.165, 1.54) is 60.7 Å². The minimum atomic E-state index is -0.632. The third-order valence-corrected chi connectivity index (χ3v) is 4.87. The second-order valence-electron chi connectivity index (χ2n) is 7.39. The second-order valence-corrected chi connectivity index (χ2v) is 7.39. The lowest BCUT2D eigenvalue weighted by Gasteiger charge is -2.09. The van der Waals surface area contributed by atoms with Gasteiger partial charge in [0.15, 0.2) is 0 Å². The smallest absolute Gasteiger partial charge is 0.271 e. The third kappa shape index (κ3) is 6.94. The zero-order valence-corrected chi connectivity index (χ0v) is 19.7. The molecule has 3 N–H and O–H groups in total. The zero-order chi connectivity index (χ0) is 27.7. The molecular weight excluding hydrogens is 500 g/mol. The number of amides is 2. The highest BCUT2D eigenvalue weighted by molar-refractivity contribution is 5.97. The van der Waals surface area contributed by atoms with Crippen molar-refractivity contribution >= 4 is 35.6 Å². The number of rotatable bonds is 10. The van der Waals surface area contributed by atoms with Gasteiger partial charge < -0.3 is 9.84 Å². The summed E-state index contributed by atoms with van der Waals surface area (Å²) in [5.41, 5.74) is 4.77. The number of phenols is 1. The first kappa shape index (κ1) is 26.9. The Kier molecular flexibility index (Phi) is 8.75. The zero-order valence-electron chi connectivity index (χ0n) is 19.7. The molecule has 0 saturated heterocycles. The number of hydrogen-bond acceptors (Lipinski definition) is 10. The minimum Gasteiger partial charge on any atom is -0.507 e. The maximum atomic E-state index is 12.2. The number of ether oxygens (including phenoxy) is 1. The number of hydrazone groups is 2. The topological polar surface area (TPSA) is 199 Å². The van der Waals surface area contributed by atoms with Crippen molar-refractivity contribution in [1.82, 2.24) is 10.9 Å². The van der Waals surface area contributed by atoms with Gasteiger partial charge in [-0.25, -0.2) is 10.9 Å². The van der Waals surface area contributed by atoms with Crippen molar-refractivity contribution in [3.8, 4) is 11.5 Å². The highest BCUT2D eigenvalue weighted by Crippen LogP contribution is 2.26. The maximum absolute atomic E-state index is 12.2. The van der Waals surface area contributed by atoms with Crippen molar-refractivity contribution in [1.29, 1.82) is 0 Å². The molecule has 0 atom stereocenters. The Bertz CT molecular complexity index is 1320. The van der Waals surface area contributed by atoms with Gasteiger partial charge in [-0.15, -0.1) is 0 Å². The van der Waals surface area contributed by atoms with Crippen LogP contribution < -0.4 is 15.6 Å². The highest BCUT2D eigenvalue weighted by Gasteiger charge is 2.12. The molecule has 0 radical (unpaired) electrons. The maximum Gasteiger partial charge on any atom is 0.271 e. The molecule has 0 aliphatic rings. The predicted molar refractivity (Wildman–Crippen MR) is 136 cm³/mol. The fourth-order valence-corrected chi connectivity index (χ4v) is 3.02. The van der Waals surface area contributed by atoms with Crippen molar-refractivity contribution in [3.05, 3.63) is 103 Å². The van der Waals surface area contributed by atoms with Crippen LogP contribution in [0, 0.1) is 20.2 Å². The lowest BCUT2D eigenvalue weighted by molar-refractivity contribution is -0.385. The predicted octanol–water partition coefficient (Wildman–Crippen LogP) is 3.14. The van der Waals surface area contributed by atoms with E-state index in [0.29, 0.717) is 12.4 Å². The molecule has 0 saturated carbocycles. The molecule has 3 rings (SSSR count). The molecule has 38 heavy (non-hydrogen) atoms. The Hall–Kier alpha value is -5.66. The largest absolute Gasteiger partial charge is 0.507 e. The number of nitro benzene ring substituents is 2. The fourth-order valence-electron chi connectivity index (χ4n) is 3.02. The van der Waals surface area contributed by atoms with Gasteiger partial charge in [-0.2, -0.15) is 10.2 Å². The van der Waals surface area contributed by atoms with E-state index < -0.39 is 21.7 Å². The summed E-state index contributed by atoms with van der Waals surface area (Å²) in [7, 11) is 0. The van der Waals surface area contributed by atoms with Crippen molar-refractivity contribution in [2.24, 2.45) is 10.2 Å². The average Bonchev–Trinajstić information content (AvgIpc) is 2.91. The molecule has 0 unspecified atom stereocenters. The fraction of sp³-hybridized carbons (Fsp3) is 0.0833. The second kappa shape index (κ2) is 12.3. The van der Waals surface area contributed by atoms with Crippen molar-refractivity contribution in [2.75, 3.05) is 6.61 Å². The summed E-state index contributed by atoms with van der Waals surface area (Å²) in [6, 6.07) is 12.8. The van der Waals surface area contributed by atoms with Crippen LogP contribution in [0.15, 0.2) is 70.9 Å². The van der Waals surface area contributed by atoms with Crippen LogP contribution in [0.2, 0.25) is 0 Å². The van der Waals surface area contributed by atoms with Gasteiger partial charge in [0, 0.05) is 46.5 Å². The number of nitrogens with zero attached hydrogens (tertiary/aromatic N) is 4. The molecule has 0 aliphatic carbocycles. The Morgan fingerprint density at radius 3 is 1.58 bits per heavy atom. The van der Waals surface area contributed by atoms with Gasteiger partial charge in [-0.3, -0.25) is 29.8 Å². The minimum absolute atomic E-state index is 0.136. The Balaban J connectivity index is 1.72. The SMILES string of the molecule is CCOc1cc(/C=N\NC(=O)c2ccc([N+](=O)[O-])cc2)c(O)c(/C=N/NC(=O)c2ccc([N+](=O)[O-])cc2)c1. The molecule has 14 heteroatoms. The van der Waals surface area contributed by atoms with Gasteiger partial charge in [0.2, 0.25) is 0 Å². The molecule has 0 aromatic heterocycles. The summed E-state index contributed by atoms with van der Waals surface area (Å²) in [5, 5.41) is 39.7. The van der Waals surface area contributed by atoms with E-state index in [2.05, 4.69) is 21.1 Å². The first-order valence-electron chi connectivity index (χ1n) is 10.8. The van der Waals surface area contributed by atoms with Crippen molar-refractivity contribution in [3.63, 3.8) is 0 Å². The summed E-state index contributed by atoms with van der Waals surface area (Å²) in [4.78, 5) is 44.8. The van der Waals surface area contributed by atoms with Crippen LogP contribution in [0.25, 0.3) is 0 Å². The van der Waals surface area contributed by atoms with Gasteiger partial charge in [0.05, 0.1) is 28.9 Å². The molecule has 0 heterocycles. The number of non-ortho nitro benzene ring substituents is 2. The standard InChI is InChI=1S/C24H20N6O8/c1-2-38-21-11-17(13-25-27-23(32)15-3-7-19(8-4-15)29(34)35)22(31)18(12-21)14-26-28-24(33)16-5-9-20(10-6-16)30(36)37/h3-14,31H,2H2,1H3,(H,27,32)(H,28,33)/b25-13-,26-14+. The first-order chi connectivity index (χ1) is 18.2. The Morgan fingerprint density at radius 1 is 0.842 bits per heavy atom. The quantitative estimate of drug-likeness (QED) is 0.206. The van der Waals surface area contributed by atoms with Crippen LogP contribution >= 0.6 is 0 Å². The van der Waals surface area contributed by atoms with Gasteiger partial charge in [0.1, 0.15) is 11.5 Å². The molecule has 194 valence electrons. The molecule has 3 aromatic rings. The number of nitro groups is 2. The number of carbonyl (C=O) groups is 2. The van der Waals surface area contributed by atoms with Gasteiger partial charge in [-0.05, 0) is 43.3 Å². The Labute approximate surface area is 214 Å². The normalized spacial score (nSPS) is 10.9. The van der Waals surface area contributed by atoms with E-state index in [1.54, 1.807) is 6.92 Å². The monoisotopic (exact) mass is 520 g/mol. The van der Waals surface area contributed by atoms with Crippen LogP contribution in [0.3, 0.4) is 0 Å². The van der Waals surface area contributed by atoms with E-state index in [9.17, 15) is 34.9 Å². The van der Waals surface area contributed by atoms with Crippen LogP contribution in [-0.4, -0.2) is 45.8 Å². The number of hydrogen-bond donors (Lipinski definition) is 3. The van der Waals surface area contributed by atoms with E-state index in [0.717, 1.165) is 12.4 Å². The van der Waals surface area contributed by atoms with Crippen LogP contribution in [0.5, 0.6) is 11.5 Å². The summed E-state index contributed by atoms with van der Waals surface area (Å²) in [6.07, 6.45) is 2.32. The molecule has 0 fully saturated rings. The lowest BCUT2D eigenvalue weighted by atomic mass is 10.1. The first-order valence-corrected chi connectivity index (χ1v) is 10.8. The van der Waals surface area contributed by atoms with E-state index in [4.69, 9.17) is 4.74 Å². The molecule has 0 spiro atoms. The summed E-state index contributed by atoms with van der Waals surface area (Å²) >= 11 is 0. The van der Waals surface area contributed by atoms with Crippen molar-refractivity contribution in [2.45, 2.75) is 6.92 Å². The summed E-state index contributed by atoms with van der Waals surface area (Å²) in [6.45, 7) is 2.06. The molecule has 0 bridgehead atoms. The van der Waals surface area contributed by atoms with Crippen LogP contribution in [-0.2, 0) is 0 Å². The molecular formula is C24H20N6O8. The van der Waals surface area contributed by atoms with E-state index in [-0.39, 0.29) is 39.4 Å². The van der Waals surface area contributed by atoms with E-state index >= 15 is 0 Å². The average molecular weight is 520 g/mol. The number of phenolic OH excluding ortho intramolecular Hbond substituents is 1. The number of carbonyl (C=O) groups excluding carboxylic acids is 2. The van der Waals surface area contributed by atoms with Gasteiger partial charge in [-0.1, -0.05) is 0 Å². The number of nitrogens with one attached hydrogen (secondary N) is 2. The number of benzene rings is 3. The summed E-state index contributed by atoms with van der Waals surface area (Å²) in [5.74, 6) is -1.20. The molecule has 0 aliphatic heterocycles. The molecule has 2 amide bonds. The lowest BCUT2D eigenvalue weighted by Crippen LogP contribution is -2.17. The molecule has 14 nitrogen and oxygen atoms in total. The summed E-state index contributed by atoms with van der Waals surface area (Å²) < 4.78 is 5.48. The van der Waals surface area contributed by atoms with Gasteiger partial charge in [0.25, 0.3) is 23.2 Å². The van der Waals surface area contributed by atoms with Crippen LogP contribution in [0.1, 0.15) is 38.8 Å². The van der Waals surface area contributed by atoms with Crippen LogP contribution in [0.4, 0.5) is 11.4 Å². The highest BCUT2D eigenvalue weighted by atomic mass is 16.6. The van der Waals surface area contributed by atoms with Crippen molar-refractivity contribution < 1.29 is 29.3 Å². The van der Waals surface area contributed by atoms with Gasteiger partial charge >= 0.3 is 0 Å². The van der Waals surface area contributed by atoms with E-state index in [1.807, 2.05) is 0 Å².